The maximum atomic E-state index is 13.8. The Hall–Kier alpha value is -2.83. The van der Waals surface area contributed by atoms with Crippen LogP contribution >= 0.6 is 0 Å². The molecule has 0 atom stereocenters. The molecule has 0 aromatic heterocycles. The molecule has 0 spiro atoms. The van der Waals surface area contributed by atoms with E-state index in [0.29, 0.717) is 0 Å². The van der Waals surface area contributed by atoms with Crippen molar-refractivity contribution in [3.8, 4) is 23.0 Å². The van der Waals surface area contributed by atoms with E-state index in [1.807, 2.05) is 0 Å². The van der Waals surface area contributed by atoms with E-state index in [4.69, 9.17) is 14.6 Å². The number of benzene rings is 2. The Labute approximate surface area is 113 Å². The molecule has 0 bridgehead atoms. The van der Waals surface area contributed by atoms with Gasteiger partial charge in [-0.3, -0.25) is 10.1 Å². The molecule has 0 unspecified atom stereocenters. The molecule has 104 valence electrons. The van der Waals surface area contributed by atoms with Crippen LogP contribution in [0.4, 0.5) is 10.1 Å². The quantitative estimate of drug-likeness (QED) is 0.686. The number of ether oxygens (including phenoxy) is 2. The van der Waals surface area contributed by atoms with Gasteiger partial charge in [-0.1, -0.05) is 0 Å². The molecular weight excluding hydrogens is 269 g/mol. The molecule has 2 aromatic rings. The van der Waals surface area contributed by atoms with Crippen LogP contribution in [-0.4, -0.2) is 17.1 Å². The summed E-state index contributed by atoms with van der Waals surface area (Å²) >= 11 is 0. The number of hydrogen-bond acceptors (Lipinski definition) is 5. The van der Waals surface area contributed by atoms with Crippen LogP contribution in [0.1, 0.15) is 0 Å². The summed E-state index contributed by atoms with van der Waals surface area (Å²) in [7, 11) is 1.24. The summed E-state index contributed by atoms with van der Waals surface area (Å²) in [6, 6.07) is 7.44. The van der Waals surface area contributed by atoms with Gasteiger partial charge in [0.15, 0.2) is 11.6 Å². The zero-order valence-corrected chi connectivity index (χ0v) is 10.4. The first-order chi connectivity index (χ1) is 9.51. The molecule has 0 fully saturated rings. The predicted octanol–water partition coefficient (Wildman–Crippen LogP) is 3.24. The van der Waals surface area contributed by atoms with Gasteiger partial charge in [-0.15, -0.1) is 0 Å². The predicted molar refractivity (Wildman–Crippen MR) is 67.8 cm³/mol. The molecule has 0 saturated heterocycles. The van der Waals surface area contributed by atoms with Gasteiger partial charge in [0.25, 0.3) is 0 Å². The van der Waals surface area contributed by atoms with E-state index in [1.165, 1.54) is 31.4 Å². The summed E-state index contributed by atoms with van der Waals surface area (Å²) in [5, 5.41) is 19.9. The van der Waals surface area contributed by atoms with Gasteiger partial charge in [-0.25, -0.2) is 4.39 Å². The molecule has 0 heterocycles. The molecule has 0 aliphatic rings. The first kappa shape index (κ1) is 13.6. The van der Waals surface area contributed by atoms with Gasteiger partial charge in [0, 0.05) is 6.07 Å². The van der Waals surface area contributed by atoms with Crippen LogP contribution < -0.4 is 9.47 Å². The third-order valence-electron chi connectivity index (χ3n) is 2.49. The minimum Gasteiger partial charge on any atom is -0.508 e. The minimum absolute atomic E-state index is 0.0408. The van der Waals surface area contributed by atoms with E-state index in [-0.39, 0.29) is 23.0 Å². The Balaban J connectivity index is 2.37. The third kappa shape index (κ3) is 2.77. The highest BCUT2D eigenvalue weighted by Crippen LogP contribution is 2.35. The molecule has 2 aromatic carbocycles. The highest BCUT2D eigenvalue weighted by atomic mass is 19.1. The van der Waals surface area contributed by atoms with E-state index in [9.17, 15) is 14.5 Å². The van der Waals surface area contributed by atoms with Crippen LogP contribution in [0, 0.1) is 15.9 Å². The average molecular weight is 279 g/mol. The van der Waals surface area contributed by atoms with E-state index in [0.717, 1.165) is 12.1 Å². The van der Waals surface area contributed by atoms with Gasteiger partial charge in [0.05, 0.1) is 18.1 Å². The van der Waals surface area contributed by atoms with Gasteiger partial charge < -0.3 is 14.6 Å². The van der Waals surface area contributed by atoms with Crippen molar-refractivity contribution in [3.05, 3.63) is 52.3 Å². The second-order valence-electron chi connectivity index (χ2n) is 3.81. The lowest BCUT2D eigenvalue weighted by molar-refractivity contribution is -0.386. The lowest BCUT2D eigenvalue weighted by Gasteiger charge is -2.09. The van der Waals surface area contributed by atoms with E-state index in [1.54, 1.807) is 0 Å². The number of hydrogen-bond donors (Lipinski definition) is 1. The highest BCUT2D eigenvalue weighted by Gasteiger charge is 2.20. The number of phenolic OH excluding ortho intramolecular Hbond substituents is 1. The molecular formula is C13H10FNO5. The highest BCUT2D eigenvalue weighted by molar-refractivity contribution is 5.52. The first-order valence-electron chi connectivity index (χ1n) is 5.50. The number of aromatic hydroxyl groups is 1. The van der Waals surface area contributed by atoms with E-state index >= 15 is 0 Å². The number of nitro groups is 1. The fourth-order valence-corrected chi connectivity index (χ4v) is 1.55. The third-order valence-corrected chi connectivity index (χ3v) is 2.49. The summed E-state index contributed by atoms with van der Waals surface area (Å²) in [5.74, 6) is -0.884. The molecule has 2 rings (SSSR count). The number of phenols is 1. The maximum absolute atomic E-state index is 13.8. The monoisotopic (exact) mass is 279 g/mol. The Morgan fingerprint density at radius 2 is 1.85 bits per heavy atom. The number of rotatable bonds is 4. The Morgan fingerprint density at radius 1 is 1.20 bits per heavy atom. The number of halogens is 1. The van der Waals surface area contributed by atoms with Crippen molar-refractivity contribution in [2.45, 2.75) is 0 Å². The van der Waals surface area contributed by atoms with Crippen LogP contribution in [0.25, 0.3) is 0 Å². The van der Waals surface area contributed by atoms with Crippen molar-refractivity contribution in [2.75, 3.05) is 7.11 Å². The summed E-state index contributed by atoms with van der Waals surface area (Å²) in [6.45, 7) is 0. The molecule has 0 amide bonds. The zero-order valence-electron chi connectivity index (χ0n) is 10.4. The Bertz CT molecular complexity index is 642. The standard InChI is InChI=1S/C13H10FNO5/c1-19-13-7-12(10(14)6-11(13)15(17)18)20-9-4-2-8(16)3-5-9/h2-7,16H,1H3. The van der Waals surface area contributed by atoms with E-state index < -0.39 is 16.4 Å². The van der Waals surface area contributed by atoms with Crippen molar-refractivity contribution in [3.63, 3.8) is 0 Å². The second kappa shape index (κ2) is 5.43. The number of nitro benzene ring substituents is 1. The number of methoxy groups -OCH3 is 1. The molecule has 0 aliphatic carbocycles. The topological polar surface area (TPSA) is 81.8 Å². The molecule has 7 heteroatoms. The normalized spacial score (nSPS) is 10.1. The molecule has 20 heavy (non-hydrogen) atoms. The van der Waals surface area contributed by atoms with Crippen LogP contribution in [0.5, 0.6) is 23.0 Å². The van der Waals surface area contributed by atoms with Gasteiger partial charge in [-0.05, 0) is 24.3 Å². The average Bonchev–Trinajstić information content (AvgIpc) is 2.42. The van der Waals surface area contributed by atoms with Gasteiger partial charge in [-0.2, -0.15) is 0 Å². The zero-order chi connectivity index (χ0) is 14.7. The SMILES string of the molecule is COc1cc(Oc2ccc(O)cc2)c(F)cc1[N+](=O)[O-]. The van der Waals surface area contributed by atoms with Gasteiger partial charge in [0.1, 0.15) is 11.5 Å². The van der Waals surface area contributed by atoms with Crippen molar-refractivity contribution < 1.29 is 23.9 Å². The van der Waals surface area contributed by atoms with Crippen molar-refractivity contribution >= 4 is 5.69 Å². The molecule has 0 saturated carbocycles. The minimum atomic E-state index is -0.884. The summed E-state index contributed by atoms with van der Waals surface area (Å²) < 4.78 is 23.8. The largest absolute Gasteiger partial charge is 0.508 e. The summed E-state index contributed by atoms with van der Waals surface area (Å²) in [4.78, 5) is 9.99. The lowest BCUT2D eigenvalue weighted by atomic mass is 10.2. The smallest absolute Gasteiger partial charge is 0.314 e. The fourth-order valence-electron chi connectivity index (χ4n) is 1.55. The maximum Gasteiger partial charge on any atom is 0.314 e. The van der Waals surface area contributed by atoms with E-state index in [2.05, 4.69) is 0 Å². The lowest BCUT2D eigenvalue weighted by Crippen LogP contribution is -1.97. The molecule has 0 aliphatic heterocycles. The van der Waals surface area contributed by atoms with Crippen LogP contribution in [-0.2, 0) is 0 Å². The van der Waals surface area contributed by atoms with Crippen molar-refractivity contribution in [2.24, 2.45) is 0 Å². The first-order valence-corrected chi connectivity index (χ1v) is 5.50. The van der Waals surface area contributed by atoms with Crippen molar-refractivity contribution in [1.82, 2.24) is 0 Å². The summed E-state index contributed by atoms with van der Waals surface area (Å²) in [5.41, 5.74) is -0.483. The van der Waals surface area contributed by atoms with Crippen LogP contribution in [0.3, 0.4) is 0 Å². The van der Waals surface area contributed by atoms with Gasteiger partial charge >= 0.3 is 5.69 Å². The Morgan fingerprint density at radius 3 is 2.40 bits per heavy atom. The van der Waals surface area contributed by atoms with Crippen molar-refractivity contribution in [1.29, 1.82) is 0 Å². The Kier molecular flexibility index (Phi) is 3.69. The fraction of sp³-hybridized carbons (Fsp3) is 0.0769. The van der Waals surface area contributed by atoms with Crippen LogP contribution in [0.2, 0.25) is 0 Å². The summed E-state index contributed by atoms with van der Waals surface area (Å²) in [6.07, 6.45) is 0. The van der Waals surface area contributed by atoms with Gasteiger partial charge in [0.2, 0.25) is 5.75 Å². The molecule has 0 radical (unpaired) electrons. The second-order valence-corrected chi connectivity index (χ2v) is 3.81. The number of nitrogens with zero attached hydrogens (tertiary/aromatic N) is 1. The molecule has 1 N–H and O–H groups in total. The molecule has 6 nitrogen and oxygen atoms in total. The van der Waals surface area contributed by atoms with Crippen LogP contribution in [0.15, 0.2) is 36.4 Å².